The molecule has 0 aliphatic heterocycles. The minimum Gasteiger partial charge on any atom is -0.482 e. The normalized spacial score (nSPS) is 10.2. The van der Waals surface area contributed by atoms with E-state index in [0.717, 1.165) is 5.56 Å². The number of carboxylic acids is 1. The molecule has 0 saturated carbocycles. The summed E-state index contributed by atoms with van der Waals surface area (Å²) in [6.45, 7) is 1.47. The minimum atomic E-state index is -1.06. The minimum absolute atomic E-state index is 0.0179. The van der Waals surface area contributed by atoms with E-state index < -0.39 is 12.6 Å². The highest BCUT2D eigenvalue weighted by atomic mass is 16.5. The monoisotopic (exact) mass is 384 g/mol. The van der Waals surface area contributed by atoms with E-state index in [1.165, 1.54) is 16.7 Å². The van der Waals surface area contributed by atoms with Crippen LogP contribution < -0.4 is 9.64 Å². The fourth-order valence-corrected chi connectivity index (χ4v) is 2.58. The van der Waals surface area contributed by atoms with Crippen LogP contribution in [0.1, 0.15) is 12.5 Å². The molecule has 2 amide bonds. The van der Waals surface area contributed by atoms with Crippen LogP contribution in [0.4, 0.5) is 5.69 Å². The zero-order valence-electron chi connectivity index (χ0n) is 16.0. The van der Waals surface area contributed by atoms with Crippen molar-refractivity contribution in [2.45, 2.75) is 13.3 Å². The lowest BCUT2D eigenvalue weighted by Crippen LogP contribution is -2.41. The lowest BCUT2D eigenvalue weighted by molar-refractivity contribution is -0.139. The van der Waals surface area contributed by atoms with Crippen LogP contribution in [-0.4, -0.2) is 54.5 Å². The Morgan fingerprint density at radius 2 is 1.64 bits per heavy atom. The molecule has 0 heterocycles. The molecular formula is C21H24N2O5. The second-order valence-corrected chi connectivity index (χ2v) is 6.31. The maximum Gasteiger partial charge on any atom is 0.341 e. The topological polar surface area (TPSA) is 87.2 Å². The summed E-state index contributed by atoms with van der Waals surface area (Å²) in [4.78, 5) is 38.0. The first kappa shape index (κ1) is 21.0. The highest BCUT2D eigenvalue weighted by molar-refractivity contribution is 5.96. The highest BCUT2D eigenvalue weighted by Crippen LogP contribution is 2.19. The first-order valence-corrected chi connectivity index (χ1v) is 8.87. The first-order valence-electron chi connectivity index (χ1n) is 8.87. The van der Waals surface area contributed by atoms with Gasteiger partial charge in [0.25, 0.3) is 0 Å². The Kier molecular flexibility index (Phi) is 7.56. The molecule has 2 rings (SSSR count). The van der Waals surface area contributed by atoms with Crippen molar-refractivity contribution in [3.05, 3.63) is 60.2 Å². The van der Waals surface area contributed by atoms with Crippen molar-refractivity contribution >= 4 is 23.5 Å². The highest BCUT2D eigenvalue weighted by Gasteiger charge is 2.18. The Bertz CT molecular complexity index is 805. The predicted molar refractivity (Wildman–Crippen MR) is 105 cm³/mol. The summed E-state index contributed by atoms with van der Waals surface area (Å²) in [6.07, 6.45) is 0.674. The van der Waals surface area contributed by atoms with Gasteiger partial charge in [-0.1, -0.05) is 30.3 Å². The van der Waals surface area contributed by atoms with Crippen molar-refractivity contribution in [1.29, 1.82) is 0 Å². The average Bonchev–Trinajstić information content (AvgIpc) is 2.69. The van der Waals surface area contributed by atoms with Gasteiger partial charge in [-0.05, 0) is 36.2 Å². The molecule has 0 bridgehead atoms. The van der Waals surface area contributed by atoms with Gasteiger partial charge in [-0.15, -0.1) is 0 Å². The molecule has 148 valence electrons. The van der Waals surface area contributed by atoms with Crippen LogP contribution in [0, 0.1) is 0 Å². The van der Waals surface area contributed by atoms with Gasteiger partial charge in [-0.3, -0.25) is 9.59 Å². The molecule has 0 fully saturated rings. The van der Waals surface area contributed by atoms with Gasteiger partial charge in [-0.2, -0.15) is 0 Å². The van der Waals surface area contributed by atoms with E-state index in [1.54, 1.807) is 31.3 Å². The summed E-state index contributed by atoms with van der Waals surface area (Å²) in [5.41, 5.74) is 1.73. The van der Waals surface area contributed by atoms with Crippen molar-refractivity contribution in [3.63, 3.8) is 0 Å². The number of likely N-dealkylation sites (N-methyl/N-ethyl adjacent to an activating group) is 1. The Morgan fingerprint density at radius 1 is 1.00 bits per heavy atom. The third-order valence-electron chi connectivity index (χ3n) is 4.25. The van der Waals surface area contributed by atoms with Crippen molar-refractivity contribution in [2.75, 3.05) is 31.6 Å². The number of benzene rings is 2. The predicted octanol–water partition coefficient (Wildman–Crippen LogP) is 2.20. The van der Waals surface area contributed by atoms with Crippen molar-refractivity contribution in [1.82, 2.24) is 4.90 Å². The molecular weight excluding hydrogens is 360 g/mol. The summed E-state index contributed by atoms with van der Waals surface area (Å²) in [5.74, 6) is -1.03. The standard InChI is InChI=1S/C21H24N2O5/c1-16(24)23(13-12-17-6-4-3-5-7-17)14-20(25)22(2)18-8-10-19(11-9-18)28-15-21(26)27/h3-11H,12-15H2,1-2H3,(H,26,27). The van der Waals surface area contributed by atoms with E-state index >= 15 is 0 Å². The van der Waals surface area contributed by atoms with Crippen LogP contribution >= 0.6 is 0 Å². The van der Waals surface area contributed by atoms with Gasteiger partial charge in [0, 0.05) is 26.2 Å². The molecule has 7 nitrogen and oxygen atoms in total. The number of ether oxygens (including phenoxy) is 1. The van der Waals surface area contributed by atoms with Crippen LogP contribution in [0.5, 0.6) is 5.75 Å². The number of amides is 2. The summed E-state index contributed by atoms with van der Waals surface area (Å²) in [7, 11) is 1.63. The van der Waals surface area contributed by atoms with Gasteiger partial charge in [0.15, 0.2) is 6.61 Å². The lowest BCUT2D eigenvalue weighted by atomic mass is 10.1. The summed E-state index contributed by atoms with van der Waals surface area (Å²) < 4.78 is 5.08. The maximum absolute atomic E-state index is 12.6. The Morgan fingerprint density at radius 3 is 2.21 bits per heavy atom. The fraction of sp³-hybridized carbons (Fsp3) is 0.286. The van der Waals surface area contributed by atoms with E-state index in [9.17, 15) is 14.4 Å². The molecule has 0 aliphatic carbocycles. The molecule has 0 unspecified atom stereocenters. The smallest absolute Gasteiger partial charge is 0.341 e. The van der Waals surface area contributed by atoms with Crippen LogP contribution in [0.3, 0.4) is 0 Å². The molecule has 0 aliphatic rings. The molecule has 0 spiro atoms. The van der Waals surface area contributed by atoms with Gasteiger partial charge < -0.3 is 19.6 Å². The third kappa shape index (κ3) is 6.42. The quantitative estimate of drug-likeness (QED) is 0.716. The van der Waals surface area contributed by atoms with Crippen LogP contribution in [0.25, 0.3) is 0 Å². The summed E-state index contributed by atoms with van der Waals surface area (Å²) in [5, 5.41) is 8.63. The van der Waals surface area contributed by atoms with Crippen molar-refractivity contribution in [2.24, 2.45) is 0 Å². The number of hydrogen-bond acceptors (Lipinski definition) is 4. The number of rotatable bonds is 9. The number of carboxylic acid groups (broad SMARTS) is 1. The maximum atomic E-state index is 12.6. The van der Waals surface area contributed by atoms with Crippen LogP contribution in [0.15, 0.2) is 54.6 Å². The lowest BCUT2D eigenvalue weighted by Gasteiger charge is -2.24. The molecule has 2 aromatic carbocycles. The molecule has 28 heavy (non-hydrogen) atoms. The average molecular weight is 384 g/mol. The van der Waals surface area contributed by atoms with E-state index in [0.29, 0.717) is 24.4 Å². The second-order valence-electron chi connectivity index (χ2n) is 6.31. The van der Waals surface area contributed by atoms with Gasteiger partial charge >= 0.3 is 5.97 Å². The van der Waals surface area contributed by atoms with E-state index in [4.69, 9.17) is 9.84 Å². The van der Waals surface area contributed by atoms with Gasteiger partial charge in [0.2, 0.25) is 11.8 Å². The Labute approximate surface area is 164 Å². The largest absolute Gasteiger partial charge is 0.482 e. The molecule has 0 aromatic heterocycles. The number of nitrogens with zero attached hydrogens (tertiary/aromatic N) is 2. The summed E-state index contributed by atoms with van der Waals surface area (Å²) >= 11 is 0. The van der Waals surface area contributed by atoms with Crippen molar-refractivity contribution < 1.29 is 24.2 Å². The van der Waals surface area contributed by atoms with Crippen LogP contribution in [0.2, 0.25) is 0 Å². The van der Waals surface area contributed by atoms with E-state index in [1.807, 2.05) is 30.3 Å². The third-order valence-corrected chi connectivity index (χ3v) is 4.25. The molecule has 7 heteroatoms. The fourth-order valence-electron chi connectivity index (χ4n) is 2.58. The second kappa shape index (κ2) is 10.1. The summed E-state index contributed by atoms with van der Waals surface area (Å²) in [6, 6.07) is 16.3. The zero-order chi connectivity index (χ0) is 20.5. The van der Waals surface area contributed by atoms with Gasteiger partial charge in [0.1, 0.15) is 12.3 Å². The van der Waals surface area contributed by atoms with Crippen molar-refractivity contribution in [3.8, 4) is 5.75 Å². The Balaban J connectivity index is 1.94. The van der Waals surface area contributed by atoms with E-state index in [2.05, 4.69) is 0 Å². The number of aliphatic carboxylic acids is 1. The molecule has 2 aromatic rings. The van der Waals surface area contributed by atoms with Gasteiger partial charge in [0.05, 0.1) is 0 Å². The number of anilines is 1. The first-order chi connectivity index (χ1) is 13.4. The number of carbonyl (C=O) groups excluding carboxylic acids is 2. The number of hydrogen-bond donors (Lipinski definition) is 1. The van der Waals surface area contributed by atoms with E-state index in [-0.39, 0.29) is 18.4 Å². The molecule has 1 N–H and O–H groups in total. The SMILES string of the molecule is CC(=O)N(CCc1ccccc1)CC(=O)N(C)c1ccc(OCC(=O)O)cc1. The molecule has 0 radical (unpaired) electrons. The van der Waals surface area contributed by atoms with Gasteiger partial charge in [-0.25, -0.2) is 4.79 Å². The molecule has 0 saturated heterocycles. The Hall–Kier alpha value is -3.35. The zero-order valence-corrected chi connectivity index (χ0v) is 16.0. The molecule has 0 atom stereocenters. The number of carbonyl (C=O) groups is 3. The van der Waals surface area contributed by atoms with Crippen LogP contribution in [-0.2, 0) is 20.8 Å².